The Morgan fingerprint density at radius 1 is 1.04 bits per heavy atom. The highest BCUT2D eigenvalue weighted by Gasteiger charge is 2.37. The van der Waals surface area contributed by atoms with Crippen molar-refractivity contribution in [3.63, 3.8) is 0 Å². The molecule has 1 heterocycles. The number of aliphatic hydroxyl groups excluding tert-OH is 1. The van der Waals surface area contributed by atoms with E-state index in [0.717, 1.165) is 31.7 Å². The lowest BCUT2D eigenvalue weighted by Gasteiger charge is -2.19. The number of nitrogens with one attached hydrogen (secondary N) is 1. The van der Waals surface area contributed by atoms with Crippen LogP contribution in [0.15, 0.2) is 24.3 Å². The Bertz CT molecular complexity index is 788. The van der Waals surface area contributed by atoms with E-state index >= 15 is 0 Å². The Morgan fingerprint density at radius 3 is 2.36 bits per heavy atom. The van der Waals surface area contributed by atoms with Crippen LogP contribution in [0.25, 0.3) is 10.9 Å². The van der Waals surface area contributed by atoms with Gasteiger partial charge >= 0.3 is 12.4 Å². The van der Waals surface area contributed by atoms with Gasteiger partial charge in [-0.15, -0.1) is 0 Å². The van der Waals surface area contributed by atoms with Crippen LogP contribution < -0.4 is 5.32 Å². The second-order valence-electron chi connectivity index (χ2n) is 6.57. The summed E-state index contributed by atoms with van der Waals surface area (Å²) in [5.74, 6) is 0. The molecule has 0 fully saturated rings. The summed E-state index contributed by atoms with van der Waals surface area (Å²) >= 11 is 0. The van der Waals surface area contributed by atoms with Gasteiger partial charge in [-0.3, -0.25) is 0 Å². The van der Waals surface area contributed by atoms with Crippen LogP contribution in [0, 0.1) is 0 Å². The lowest BCUT2D eigenvalue weighted by atomic mass is 9.99. The molecule has 1 atom stereocenters. The van der Waals surface area contributed by atoms with E-state index in [1.54, 1.807) is 0 Å². The quantitative estimate of drug-likeness (QED) is 0.449. The first-order chi connectivity index (χ1) is 13.1. The second kappa shape index (κ2) is 9.09. The van der Waals surface area contributed by atoms with Crippen molar-refractivity contribution in [2.24, 2.45) is 0 Å². The zero-order chi connectivity index (χ0) is 20.9. The first kappa shape index (κ1) is 22.4. The number of hydrogen-bond donors (Lipinski definition) is 2. The smallest absolute Gasteiger partial charge is 0.387 e. The molecule has 2 rings (SSSR count). The molecule has 0 unspecified atom stereocenters. The molecule has 0 saturated heterocycles. The van der Waals surface area contributed by atoms with E-state index < -0.39 is 35.2 Å². The van der Waals surface area contributed by atoms with Crippen molar-refractivity contribution >= 4 is 10.9 Å². The minimum Gasteiger partial charge on any atom is -0.387 e. The fourth-order valence-electron chi connectivity index (χ4n) is 2.95. The molecule has 2 aromatic rings. The van der Waals surface area contributed by atoms with Gasteiger partial charge < -0.3 is 10.4 Å². The SMILES string of the molecule is CCCCCCNC[C@H](O)c1cc(C(F)(F)F)nc2c(C(F)(F)F)cccc12. The molecular formula is C19H22F6N2O. The summed E-state index contributed by atoms with van der Waals surface area (Å²) < 4.78 is 79.2. The van der Waals surface area contributed by atoms with Crippen molar-refractivity contribution in [2.75, 3.05) is 13.1 Å². The van der Waals surface area contributed by atoms with Crippen LogP contribution in [0.2, 0.25) is 0 Å². The van der Waals surface area contributed by atoms with E-state index in [0.29, 0.717) is 18.7 Å². The van der Waals surface area contributed by atoms with Gasteiger partial charge in [-0.1, -0.05) is 38.3 Å². The maximum Gasteiger partial charge on any atom is 0.433 e. The van der Waals surface area contributed by atoms with Gasteiger partial charge in [0.05, 0.1) is 17.2 Å². The zero-order valence-electron chi connectivity index (χ0n) is 15.3. The predicted octanol–water partition coefficient (Wildman–Crippen LogP) is 5.48. The Balaban J connectivity index is 2.38. The summed E-state index contributed by atoms with van der Waals surface area (Å²) in [5, 5.41) is 13.2. The Morgan fingerprint density at radius 2 is 1.75 bits per heavy atom. The normalized spacial score (nSPS) is 13.9. The third-order valence-corrected chi connectivity index (χ3v) is 4.37. The summed E-state index contributed by atoms with van der Waals surface area (Å²) in [5.41, 5.74) is -3.78. The summed E-state index contributed by atoms with van der Waals surface area (Å²) in [6.07, 6.45) is -7.29. The van der Waals surface area contributed by atoms with E-state index in [4.69, 9.17) is 0 Å². The van der Waals surface area contributed by atoms with Gasteiger partial charge in [0.15, 0.2) is 0 Å². The molecule has 0 radical (unpaired) electrons. The first-order valence-corrected chi connectivity index (χ1v) is 9.02. The lowest BCUT2D eigenvalue weighted by molar-refractivity contribution is -0.142. The Hall–Kier alpha value is -1.87. The number of aliphatic hydroxyl groups is 1. The van der Waals surface area contributed by atoms with Crippen molar-refractivity contribution in [2.45, 2.75) is 51.1 Å². The summed E-state index contributed by atoms with van der Waals surface area (Å²) in [6.45, 7) is 2.54. The molecular weight excluding hydrogens is 386 g/mol. The van der Waals surface area contributed by atoms with Crippen molar-refractivity contribution in [3.8, 4) is 0 Å². The predicted molar refractivity (Wildman–Crippen MR) is 93.7 cm³/mol. The summed E-state index contributed by atoms with van der Waals surface area (Å²) in [7, 11) is 0. The van der Waals surface area contributed by atoms with Crippen LogP contribution >= 0.6 is 0 Å². The molecule has 156 valence electrons. The number of pyridine rings is 1. The number of halogens is 6. The maximum atomic E-state index is 13.2. The molecule has 2 N–H and O–H groups in total. The van der Waals surface area contributed by atoms with E-state index in [9.17, 15) is 31.4 Å². The van der Waals surface area contributed by atoms with Gasteiger partial charge in [0.25, 0.3) is 0 Å². The van der Waals surface area contributed by atoms with Gasteiger partial charge in [-0.25, -0.2) is 4.98 Å². The van der Waals surface area contributed by atoms with E-state index in [1.165, 1.54) is 6.07 Å². The first-order valence-electron chi connectivity index (χ1n) is 9.02. The van der Waals surface area contributed by atoms with Crippen LogP contribution in [-0.2, 0) is 12.4 Å². The van der Waals surface area contributed by atoms with Crippen LogP contribution in [0.3, 0.4) is 0 Å². The molecule has 9 heteroatoms. The van der Waals surface area contributed by atoms with Crippen LogP contribution in [0.1, 0.15) is 55.5 Å². The van der Waals surface area contributed by atoms with Crippen molar-refractivity contribution in [1.29, 1.82) is 0 Å². The third kappa shape index (κ3) is 5.57. The van der Waals surface area contributed by atoms with Gasteiger partial charge in [0, 0.05) is 11.9 Å². The highest BCUT2D eigenvalue weighted by molar-refractivity contribution is 5.86. The minimum atomic E-state index is -4.94. The molecule has 0 spiro atoms. The second-order valence-corrected chi connectivity index (χ2v) is 6.57. The Labute approximate surface area is 158 Å². The number of aromatic nitrogens is 1. The highest BCUT2D eigenvalue weighted by Crippen LogP contribution is 2.38. The van der Waals surface area contributed by atoms with Crippen molar-refractivity contribution in [3.05, 3.63) is 41.1 Å². The summed E-state index contributed by atoms with van der Waals surface area (Å²) in [4.78, 5) is 3.21. The van der Waals surface area contributed by atoms with E-state index in [2.05, 4.69) is 17.2 Å². The standard InChI is InChI=1S/C19H22F6N2O/c1-2-3-4-5-9-26-11-15(28)13-10-16(19(23,24)25)27-17-12(13)7-6-8-14(17)18(20,21)22/h6-8,10,15,26,28H,2-5,9,11H2,1H3/t15-/m0/s1. The minimum absolute atomic E-state index is 0.0707. The number of fused-ring (bicyclic) bond motifs is 1. The third-order valence-electron chi connectivity index (χ3n) is 4.37. The number of unbranched alkanes of at least 4 members (excludes halogenated alkanes) is 3. The molecule has 0 aliphatic carbocycles. The molecule has 28 heavy (non-hydrogen) atoms. The molecule has 0 saturated carbocycles. The van der Waals surface area contributed by atoms with Gasteiger partial charge in [-0.2, -0.15) is 26.3 Å². The fourth-order valence-corrected chi connectivity index (χ4v) is 2.95. The number of alkyl halides is 6. The molecule has 1 aromatic carbocycles. The van der Waals surface area contributed by atoms with Gasteiger partial charge in [-0.05, 0) is 30.7 Å². The van der Waals surface area contributed by atoms with Crippen LogP contribution in [0.4, 0.5) is 26.3 Å². The van der Waals surface area contributed by atoms with Crippen LogP contribution in [0.5, 0.6) is 0 Å². The summed E-state index contributed by atoms with van der Waals surface area (Å²) in [6, 6.07) is 3.62. The molecule has 0 bridgehead atoms. The number of rotatable bonds is 8. The molecule has 1 aromatic heterocycles. The van der Waals surface area contributed by atoms with Crippen LogP contribution in [-0.4, -0.2) is 23.2 Å². The molecule has 0 amide bonds. The van der Waals surface area contributed by atoms with Crippen molar-refractivity contribution < 1.29 is 31.4 Å². The maximum absolute atomic E-state index is 13.2. The van der Waals surface area contributed by atoms with Gasteiger partial charge in [0.1, 0.15) is 5.69 Å². The average Bonchev–Trinajstić information content (AvgIpc) is 2.61. The van der Waals surface area contributed by atoms with E-state index in [1.807, 2.05) is 0 Å². The number of benzene rings is 1. The molecule has 0 aliphatic heterocycles. The number of hydrogen-bond acceptors (Lipinski definition) is 3. The van der Waals surface area contributed by atoms with Crippen molar-refractivity contribution in [1.82, 2.24) is 10.3 Å². The number of para-hydroxylation sites is 1. The van der Waals surface area contributed by atoms with E-state index in [-0.39, 0.29) is 17.5 Å². The zero-order valence-corrected chi connectivity index (χ0v) is 15.3. The molecule has 0 aliphatic rings. The topological polar surface area (TPSA) is 45.1 Å². The monoisotopic (exact) mass is 408 g/mol. The fraction of sp³-hybridized carbons (Fsp3) is 0.526. The average molecular weight is 408 g/mol. The largest absolute Gasteiger partial charge is 0.433 e. The van der Waals surface area contributed by atoms with Gasteiger partial charge in [0.2, 0.25) is 0 Å². The number of nitrogens with zero attached hydrogens (tertiary/aromatic N) is 1. The Kier molecular flexibility index (Phi) is 7.28. The lowest BCUT2D eigenvalue weighted by Crippen LogP contribution is -2.23. The highest BCUT2D eigenvalue weighted by atomic mass is 19.4. The molecule has 3 nitrogen and oxygen atoms in total.